The summed E-state index contributed by atoms with van der Waals surface area (Å²) < 4.78 is 5.09. The van der Waals surface area contributed by atoms with Crippen molar-refractivity contribution in [1.29, 1.82) is 0 Å². The number of rotatable bonds is 4. The largest absolute Gasteiger partial charge is 0.423 e. The molecule has 0 atom stereocenters. The maximum absolute atomic E-state index is 11.4. The number of ether oxygens (including phenoxy) is 1. The van der Waals surface area contributed by atoms with Gasteiger partial charge in [-0.25, -0.2) is 4.79 Å². The van der Waals surface area contributed by atoms with Crippen LogP contribution in [0.3, 0.4) is 0 Å². The molecule has 80 valence electrons. The lowest BCUT2D eigenvalue weighted by atomic mass is 10.2. The van der Waals surface area contributed by atoms with Gasteiger partial charge in [0.05, 0.1) is 0 Å². The smallest absolute Gasteiger partial charge is 0.338 e. The molecule has 0 aliphatic carbocycles. The molecule has 0 aliphatic heterocycles. The Labute approximate surface area is 89.5 Å². The first kappa shape index (κ1) is 11.5. The van der Waals surface area contributed by atoms with Crippen molar-refractivity contribution < 1.29 is 9.53 Å². The minimum atomic E-state index is -0.377. The molecule has 0 spiro atoms. The molecular formula is C12H15NO2. The van der Waals surface area contributed by atoms with Crippen LogP contribution in [0.4, 0.5) is 0 Å². The number of hydrogen-bond donors (Lipinski definition) is 1. The average molecular weight is 205 g/mol. The van der Waals surface area contributed by atoms with Crippen molar-refractivity contribution in [2.24, 2.45) is 5.73 Å². The summed E-state index contributed by atoms with van der Waals surface area (Å²) in [6, 6.07) is 7.11. The van der Waals surface area contributed by atoms with Gasteiger partial charge in [0.15, 0.2) is 0 Å². The quantitative estimate of drug-likeness (QED) is 0.465. The zero-order chi connectivity index (χ0) is 11.3. The highest BCUT2D eigenvalue weighted by Crippen LogP contribution is 2.13. The van der Waals surface area contributed by atoms with E-state index in [1.807, 2.05) is 19.1 Å². The fraction of sp³-hybridized carbons (Fsp3) is 0.250. The van der Waals surface area contributed by atoms with Crippen LogP contribution < -0.4 is 10.5 Å². The lowest BCUT2D eigenvalue weighted by Gasteiger charge is -2.05. The van der Waals surface area contributed by atoms with E-state index in [9.17, 15) is 4.79 Å². The van der Waals surface area contributed by atoms with Gasteiger partial charge in [-0.05, 0) is 24.1 Å². The third-order valence-corrected chi connectivity index (χ3v) is 2.09. The number of hydrogen-bond acceptors (Lipinski definition) is 3. The summed E-state index contributed by atoms with van der Waals surface area (Å²) in [7, 11) is 0. The number of carbonyl (C=O) groups excluding carboxylic acids is 1. The van der Waals surface area contributed by atoms with Gasteiger partial charge >= 0.3 is 5.97 Å². The van der Waals surface area contributed by atoms with Crippen LogP contribution in [0.15, 0.2) is 36.4 Å². The zero-order valence-corrected chi connectivity index (χ0v) is 8.82. The summed E-state index contributed by atoms with van der Waals surface area (Å²) in [5.41, 5.74) is 6.92. The van der Waals surface area contributed by atoms with Crippen molar-refractivity contribution in [1.82, 2.24) is 0 Å². The van der Waals surface area contributed by atoms with E-state index in [1.165, 1.54) is 0 Å². The van der Waals surface area contributed by atoms with Crippen molar-refractivity contribution in [2.75, 3.05) is 0 Å². The Kier molecular flexibility index (Phi) is 4.06. The van der Waals surface area contributed by atoms with Crippen molar-refractivity contribution in [2.45, 2.75) is 19.9 Å². The second-order valence-electron chi connectivity index (χ2n) is 3.19. The summed E-state index contributed by atoms with van der Waals surface area (Å²) in [4.78, 5) is 11.4. The SMILES string of the molecule is C=C(CC)C(=O)Oc1ccc(CN)cc1. The maximum Gasteiger partial charge on any atom is 0.338 e. The third kappa shape index (κ3) is 3.22. The molecule has 15 heavy (non-hydrogen) atoms. The molecule has 0 saturated heterocycles. The van der Waals surface area contributed by atoms with Gasteiger partial charge in [0.25, 0.3) is 0 Å². The van der Waals surface area contributed by atoms with Crippen LogP contribution in [0.25, 0.3) is 0 Å². The predicted molar refractivity (Wildman–Crippen MR) is 59.4 cm³/mol. The Bertz CT molecular complexity index is 354. The molecule has 2 N–H and O–H groups in total. The van der Waals surface area contributed by atoms with Crippen molar-refractivity contribution >= 4 is 5.97 Å². The van der Waals surface area contributed by atoms with Crippen LogP contribution in [0, 0.1) is 0 Å². The van der Waals surface area contributed by atoms with E-state index in [-0.39, 0.29) is 5.97 Å². The number of benzene rings is 1. The van der Waals surface area contributed by atoms with Crippen LogP contribution in [0.2, 0.25) is 0 Å². The van der Waals surface area contributed by atoms with Gasteiger partial charge in [0.1, 0.15) is 5.75 Å². The molecule has 3 heteroatoms. The van der Waals surface area contributed by atoms with Gasteiger partial charge in [-0.2, -0.15) is 0 Å². The van der Waals surface area contributed by atoms with E-state index >= 15 is 0 Å². The van der Waals surface area contributed by atoms with Crippen molar-refractivity contribution in [3.63, 3.8) is 0 Å². The number of carbonyl (C=O) groups is 1. The first-order valence-electron chi connectivity index (χ1n) is 4.86. The Morgan fingerprint density at radius 2 is 2.00 bits per heavy atom. The molecule has 0 radical (unpaired) electrons. The van der Waals surface area contributed by atoms with Crippen LogP contribution in [-0.4, -0.2) is 5.97 Å². The molecule has 0 unspecified atom stereocenters. The van der Waals surface area contributed by atoms with Crippen LogP contribution in [-0.2, 0) is 11.3 Å². The van der Waals surface area contributed by atoms with Crippen molar-refractivity contribution in [3.8, 4) is 5.75 Å². The van der Waals surface area contributed by atoms with E-state index < -0.39 is 0 Å². The fourth-order valence-corrected chi connectivity index (χ4v) is 1.02. The summed E-state index contributed by atoms with van der Waals surface area (Å²) >= 11 is 0. The molecule has 3 nitrogen and oxygen atoms in total. The normalized spacial score (nSPS) is 9.73. The van der Waals surface area contributed by atoms with Gasteiger partial charge in [-0.3, -0.25) is 0 Å². The van der Waals surface area contributed by atoms with Gasteiger partial charge < -0.3 is 10.5 Å². The van der Waals surface area contributed by atoms with Gasteiger partial charge in [0, 0.05) is 12.1 Å². The molecule has 0 bridgehead atoms. The number of esters is 1. The predicted octanol–water partition coefficient (Wildman–Crippen LogP) is 2.02. The fourth-order valence-electron chi connectivity index (χ4n) is 1.02. The monoisotopic (exact) mass is 205 g/mol. The standard InChI is InChI=1S/C12H15NO2/c1-3-9(2)12(14)15-11-6-4-10(8-13)5-7-11/h4-7H,2-3,8,13H2,1H3. The third-order valence-electron chi connectivity index (χ3n) is 2.09. The van der Waals surface area contributed by atoms with E-state index in [4.69, 9.17) is 10.5 Å². The molecule has 0 amide bonds. The Morgan fingerprint density at radius 1 is 1.40 bits per heavy atom. The van der Waals surface area contributed by atoms with Gasteiger partial charge in [-0.1, -0.05) is 25.6 Å². The molecular weight excluding hydrogens is 190 g/mol. The minimum Gasteiger partial charge on any atom is -0.423 e. The number of nitrogens with two attached hydrogens (primary N) is 1. The molecule has 1 aromatic carbocycles. The highest BCUT2D eigenvalue weighted by molar-refractivity contribution is 5.89. The van der Waals surface area contributed by atoms with E-state index in [2.05, 4.69) is 6.58 Å². The van der Waals surface area contributed by atoms with Crippen LogP contribution in [0.5, 0.6) is 5.75 Å². The van der Waals surface area contributed by atoms with E-state index in [1.54, 1.807) is 12.1 Å². The summed E-state index contributed by atoms with van der Waals surface area (Å²) in [5.74, 6) is 0.143. The Hall–Kier alpha value is -1.61. The second kappa shape index (κ2) is 5.32. The lowest BCUT2D eigenvalue weighted by Crippen LogP contribution is -2.09. The first-order chi connectivity index (χ1) is 7.17. The molecule has 0 fully saturated rings. The molecule has 1 aromatic rings. The molecule has 1 rings (SSSR count). The molecule has 0 aliphatic rings. The topological polar surface area (TPSA) is 52.3 Å². The average Bonchev–Trinajstić information content (AvgIpc) is 2.29. The van der Waals surface area contributed by atoms with Crippen LogP contribution in [0.1, 0.15) is 18.9 Å². The Morgan fingerprint density at radius 3 is 2.47 bits per heavy atom. The van der Waals surface area contributed by atoms with Gasteiger partial charge in [-0.15, -0.1) is 0 Å². The van der Waals surface area contributed by atoms with Crippen LogP contribution >= 0.6 is 0 Å². The van der Waals surface area contributed by atoms with Gasteiger partial charge in [0.2, 0.25) is 0 Å². The van der Waals surface area contributed by atoms with Crippen molar-refractivity contribution in [3.05, 3.63) is 42.0 Å². The Balaban J connectivity index is 2.65. The first-order valence-corrected chi connectivity index (χ1v) is 4.86. The summed E-state index contributed by atoms with van der Waals surface area (Å²) in [5, 5.41) is 0. The van der Waals surface area contributed by atoms with E-state index in [0.717, 1.165) is 5.56 Å². The zero-order valence-electron chi connectivity index (χ0n) is 8.82. The lowest BCUT2D eigenvalue weighted by molar-refractivity contribution is -0.130. The highest BCUT2D eigenvalue weighted by Gasteiger charge is 2.07. The molecule has 0 heterocycles. The highest BCUT2D eigenvalue weighted by atomic mass is 16.5. The maximum atomic E-state index is 11.4. The van der Waals surface area contributed by atoms with E-state index in [0.29, 0.717) is 24.3 Å². The summed E-state index contributed by atoms with van der Waals surface area (Å²) in [6.45, 7) is 5.95. The molecule has 0 aromatic heterocycles. The summed E-state index contributed by atoms with van der Waals surface area (Å²) in [6.07, 6.45) is 0.597. The molecule has 0 saturated carbocycles. The second-order valence-corrected chi connectivity index (χ2v) is 3.19. The minimum absolute atomic E-state index is 0.377.